The Balaban J connectivity index is 2.20. The van der Waals surface area contributed by atoms with Crippen LogP contribution in [0.1, 0.15) is 11.3 Å². The van der Waals surface area contributed by atoms with Crippen LogP contribution in [0.4, 0.5) is 0 Å². The first-order valence-electron chi connectivity index (χ1n) is 6.81. The van der Waals surface area contributed by atoms with E-state index < -0.39 is 0 Å². The van der Waals surface area contributed by atoms with Crippen molar-refractivity contribution in [3.05, 3.63) is 62.9 Å². The number of pyridine rings is 1. The molecule has 0 fully saturated rings. The first kappa shape index (κ1) is 12.8. The zero-order valence-electron chi connectivity index (χ0n) is 11.3. The third-order valence-corrected chi connectivity index (χ3v) is 5.73. The number of allylic oxidation sites excluding steroid dienone is 5. The van der Waals surface area contributed by atoms with Gasteiger partial charge in [0.25, 0.3) is 5.56 Å². The maximum absolute atomic E-state index is 12.8. The van der Waals surface area contributed by atoms with E-state index in [1.165, 1.54) is 16.7 Å². The maximum atomic E-state index is 12.8. The molecule has 0 unspecified atom stereocenters. The highest BCUT2D eigenvalue weighted by Gasteiger charge is 2.17. The molecule has 0 aliphatic carbocycles. The standard InChI is InChI=1S/C17H13NOS2/c1-11-6-4-2-3-5-8-18-14-13(10-21-15(11)14)12-7-9-20-16(12)17(18)19/h2-4,6-7,9-10H,1,5,8H2/b3-2-,6-4-. The lowest BCUT2D eigenvalue weighted by Gasteiger charge is -2.11. The SMILES string of the molecule is C=C1/C=C\C=C/CCn2c(=O)c3sccc3c3csc1c32. The van der Waals surface area contributed by atoms with E-state index in [1.807, 2.05) is 28.2 Å². The predicted octanol–water partition coefficient (Wildman–Crippen LogP) is 4.81. The predicted molar refractivity (Wildman–Crippen MR) is 93.4 cm³/mol. The zero-order valence-corrected chi connectivity index (χ0v) is 13.0. The number of thiophene rings is 2. The first-order chi connectivity index (χ1) is 10.3. The highest BCUT2D eigenvalue weighted by atomic mass is 32.1. The molecule has 2 nitrogen and oxygen atoms in total. The lowest BCUT2D eigenvalue weighted by Crippen LogP contribution is -2.20. The maximum Gasteiger partial charge on any atom is 0.269 e. The Morgan fingerprint density at radius 2 is 2.10 bits per heavy atom. The molecule has 0 saturated carbocycles. The summed E-state index contributed by atoms with van der Waals surface area (Å²) in [6.45, 7) is 4.87. The van der Waals surface area contributed by atoms with Crippen molar-refractivity contribution >= 4 is 49.2 Å². The Morgan fingerprint density at radius 3 is 3.00 bits per heavy atom. The molecule has 3 aromatic rings. The van der Waals surface area contributed by atoms with Gasteiger partial charge in [0, 0.05) is 22.7 Å². The molecule has 0 bridgehead atoms. The molecule has 4 heteroatoms. The van der Waals surface area contributed by atoms with Crippen LogP contribution in [0.15, 0.2) is 52.5 Å². The van der Waals surface area contributed by atoms with Crippen molar-refractivity contribution in [3.63, 3.8) is 0 Å². The third kappa shape index (κ3) is 1.87. The van der Waals surface area contributed by atoms with Gasteiger partial charge in [0.2, 0.25) is 0 Å². The summed E-state index contributed by atoms with van der Waals surface area (Å²) in [4.78, 5) is 13.9. The fourth-order valence-corrected chi connectivity index (χ4v) is 4.67. The van der Waals surface area contributed by atoms with Gasteiger partial charge in [0.05, 0.1) is 10.4 Å². The summed E-state index contributed by atoms with van der Waals surface area (Å²) < 4.78 is 2.78. The molecule has 0 aromatic carbocycles. The van der Waals surface area contributed by atoms with Crippen molar-refractivity contribution in [2.24, 2.45) is 0 Å². The van der Waals surface area contributed by atoms with E-state index in [-0.39, 0.29) is 5.56 Å². The average molecular weight is 311 g/mol. The van der Waals surface area contributed by atoms with Crippen LogP contribution in [0.2, 0.25) is 0 Å². The van der Waals surface area contributed by atoms with Crippen LogP contribution >= 0.6 is 22.7 Å². The van der Waals surface area contributed by atoms with E-state index in [2.05, 4.69) is 24.1 Å². The number of fused-ring (bicyclic) bond motifs is 2. The monoisotopic (exact) mass is 311 g/mol. The smallest absolute Gasteiger partial charge is 0.269 e. The quantitative estimate of drug-likeness (QED) is 0.584. The van der Waals surface area contributed by atoms with Crippen LogP contribution in [-0.4, -0.2) is 4.57 Å². The van der Waals surface area contributed by atoms with Crippen LogP contribution in [0.5, 0.6) is 0 Å². The van der Waals surface area contributed by atoms with Gasteiger partial charge in [-0.2, -0.15) is 0 Å². The van der Waals surface area contributed by atoms with Crippen molar-refractivity contribution < 1.29 is 0 Å². The molecule has 0 amide bonds. The molecule has 104 valence electrons. The van der Waals surface area contributed by atoms with E-state index >= 15 is 0 Å². The van der Waals surface area contributed by atoms with Crippen LogP contribution in [-0.2, 0) is 6.54 Å². The second kappa shape index (κ2) is 4.83. The highest BCUT2D eigenvalue weighted by Crippen LogP contribution is 2.36. The summed E-state index contributed by atoms with van der Waals surface area (Å²) in [7, 11) is 0. The Hall–Kier alpha value is -1.91. The summed E-state index contributed by atoms with van der Waals surface area (Å²) in [6.07, 6.45) is 9.01. The molecule has 0 N–H and O–H groups in total. The fourth-order valence-electron chi connectivity index (χ4n) is 2.79. The Kier molecular flexibility index (Phi) is 2.94. The van der Waals surface area contributed by atoms with E-state index in [9.17, 15) is 4.79 Å². The second-order valence-corrected chi connectivity index (χ2v) is 6.84. The third-order valence-electron chi connectivity index (χ3n) is 3.79. The number of hydrogen-bond donors (Lipinski definition) is 0. The van der Waals surface area contributed by atoms with Gasteiger partial charge in [0.1, 0.15) is 4.70 Å². The number of aryl methyl sites for hydroxylation is 1. The summed E-state index contributed by atoms with van der Waals surface area (Å²) in [5.41, 5.74) is 2.13. The first-order valence-corrected chi connectivity index (χ1v) is 8.57. The van der Waals surface area contributed by atoms with Crippen molar-refractivity contribution in [1.29, 1.82) is 0 Å². The molecule has 4 rings (SSSR count). The molecular weight excluding hydrogens is 298 g/mol. The van der Waals surface area contributed by atoms with Crippen LogP contribution in [0.3, 0.4) is 0 Å². The van der Waals surface area contributed by atoms with Crippen LogP contribution in [0.25, 0.3) is 26.6 Å². The molecule has 0 radical (unpaired) electrons. The van der Waals surface area contributed by atoms with Gasteiger partial charge in [-0.1, -0.05) is 30.9 Å². The largest absolute Gasteiger partial charge is 0.305 e. The van der Waals surface area contributed by atoms with Gasteiger partial charge in [-0.05, 0) is 23.4 Å². The molecule has 4 heterocycles. The van der Waals surface area contributed by atoms with Crippen molar-refractivity contribution in [3.8, 4) is 0 Å². The number of aromatic nitrogens is 1. The van der Waals surface area contributed by atoms with Crippen molar-refractivity contribution in [2.75, 3.05) is 0 Å². The molecule has 21 heavy (non-hydrogen) atoms. The van der Waals surface area contributed by atoms with Gasteiger partial charge >= 0.3 is 0 Å². The second-order valence-electron chi connectivity index (χ2n) is 5.05. The minimum atomic E-state index is 0.123. The zero-order chi connectivity index (χ0) is 14.4. The summed E-state index contributed by atoms with van der Waals surface area (Å²) >= 11 is 3.20. The van der Waals surface area contributed by atoms with Crippen molar-refractivity contribution in [2.45, 2.75) is 13.0 Å². The van der Waals surface area contributed by atoms with Crippen LogP contribution < -0.4 is 5.56 Å². The minimum absolute atomic E-state index is 0.123. The summed E-state index contributed by atoms with van der Waals surface area (Å²) in [5.74, 6) is 0. The lowest BCUT2D eigenvalue weighted by atomic mass is 10.1. The van der Waals surface area contributed by atoms with E-state index in [0.717, 1.165) is 32.5 Å². The fraction of sp³-hybridized carbons (Fsp3) is 0.118. The normalized spacial score (nSPS) is 18.2. The van der Waals surface area contributed by atoms with E-state index in [1.54, 1.807) is 11.3 Å². The Labute approximate surface area is 130 Å². The molecule has 0 saturated heterocycles. The van der Waals surface area contributed by atoms with E-state index in [4.69, 9.17) is 0 Å². The average Bonchev–Trinajstić information content (AvgIpc) is 3.11. The van der Waals surface area contributed by atoms with Gasteiger partial charge < -0.3 is 4.57 Å². The molecule has 3 aromatic heterocycles. The van der Waals surface area contributed by atoms with Gasteiger partial charge in [0.15, 0.2) is 0 Å². The van der Waals surface area contributed by atoms with Crippen LogP contribution in [0, 0.1) is 0 Å². The topological polar surface area (TPSA) is 22.0 Å². The van der Waals surface area contributed by atoms with Gasteiger partial charge in [-0.15, -0.1) is 22.7 Å². The van der Waals surface area contributed by atoms with Gasteiger partial charge in [-0.25, -0.2) is 0 Å². The molecular formula is C17H13NOS2. The summed E-state index contributed by atoms with van der Waals surface area (Å²) in [6, 6.07) is 2.05. The molecule has 1 aliphatic rings. The van der Waals surface area contributed by atoms with Crippen molar-refractivity contribution in [1.82, 2.24) is 4.57 Å². The number of hydrogen-bond acceptors (Lipinski definition) is 3. The minimum Gasteiger partial charge on any atom is -0.305 e. The Morgan fingerprint density at radius 1 is 1.19 bits per heavy atom. The molecule has 0 spiro atoms. The van der Waals surface area contributed by atoms with Gasteiger partial charge in [-0.3, -0.25) is 4.79 Å². The Bertz CT molecular complexity index is 981. The van der Waals surface area contributed by atoms with E-state index in [0.29, 0.717) is 6.54 Å². The number of rotatable bonds is 0. The molecule has 0 atom stereocenters. The number of nitrogens with zero attached hydrogens (tertiary/aromatic N) is 1. The summed E-state index contributed by atoms with van der Waals surface area (Å²) in [5, 5.41) is 6.40. The highest BCUT2D eigenvalue weighted by molar-refractivity contribution is 7.17. The lowest BCUT2D eigenvalue weighted by molar-refractivity contribution is 0.715. The molecule has 1 aliphatic heterocycles.